The van der Waals surface area contributed by atoms with Gasteiger partial charge in [-0.3, -0.25) is 4.79 Å². The first-order valence-corrected chi connectivity index (χ1v) is 9.22. The molecule has 2 rings (SSSR count). The molecule has 110 valence electrons. The number of fused-ring (bicyclic) bond motifs is 1. The van der Waals surface area contributed by atoms with Gasteiger partial charge in [0, 0.05) is 15.9 Å². The number of nitrogens with zero attached hydrogens (tertiary/aromatic N) is 1. The normalized spacial score (nSPS) is 18.6. The van der Waals surface area contributed by atoms with Gasteiger partial charge in [-0.25, -0.2) is 8.42 Å². The summed E-state index contributed by atoms with van der Waals surface area (Å²) >= 11 is 2.17. The molecule has 0 spiro atoms. The van der Waals surface area contributed by atoms with Gasteiger partial charge in [0.05, 0.1) is 11.4 Å². The van der Waals surface area contributed by atoms with Crippen LogP contribution in [0.15, 0.2) is 18.2 Å². The second-order valence-corrected chi connectivity index (χ2v) is 8.32. The van der Waals surface area contributed by atoms with Crippen molar-refractivity contribution in [3.05, 3.63) is 21.8 Å². The third-order valence-electron chi connectivity index (χ3n) is 3.20. The molecular weight excluding hydrogens is 393 g/mol. The van der Waals surface area contributed by atoms with Crippen molar-refractivity contribution in [2.45, 2.75) is 20.0 Å². The van der Waals surface area contributed by atoms with Crippen molar-refractivity contribution in [1.29, 1.82) is 0 Å². The quantitative estimate of drug-likeness (QED) is 0.713. The zero-order chi connectivity index (χ0) is 14.9. The van der Waals surface area contributed by atoms with Crippen LogP contribution in [0.5, 0.6) is 5.75 Å². The zero-order valence-electron chi connectivity index (χ0n) is 11.3. The van der Waals surface area contributed by atoms with Crippen molar-refractivity contribution < 1.29 is 17.9 Å². The molecule has 7 heteroatoms. The number of halogens is 1. The predicted molar refractivity (Wildman–Crippen MR) is 85.9 cm³/mol. The number of hydrogen-bond donors (Lipinski definition) is 0. The molecule has 1 unspecified atom stereocenters. The van der Waals surface area contributed by atoms with Crippen LogP contribution in [0.3, 0.4) is 0 Å². The molecule has 0 N–H and O–H groups in total. The van der Waals surface area contributed by atoms with E-state index >= 15 is 0 Å². The fourth-order valence-electron chi connectivity index (χ4n) is 1.99. The summed E-state index contributed by atoms with van der Waals surface area (Å²) in [7, 11) is -3.11. The highest BCUT2D eigenvalue weighted by Crippen LogP contribution is 2.35. The topological polar surface area (TPSA) is 63.7 Å². The number of sulfone groups is 1. The Morgan fingerprint density at radius 2 is 2.10 bits per heavy atom. The van der Waals surface area contributed by atoms with Crippen molar-refractivity contribution in [3.63, 3.8) is 0 Å². The lowest BCUT2D eigenvalue weighted by molar-refractivity contribution is -0.125. The van der Waals surface area contributed by atoms with Crippen LogP contribution in [0.4, 0.5) is 5.69 Å². The summed E-state index contributed by atoms with van der Waals surface area (Å²) in [4.78, 5) is 13.7. The number of carbonyl (C=O) groups is 1. The van der Waals surface area contributed by atoms with Gasteiger partial charge in [-0.2, -0.15) is 0 Å². The molecule has 1 aliphatic rings. The zero-order valence-corrected chi connectivity index (χ0v) is 14.3. The van der Waals surface area contributed by atoms with E-state index in [0.717, 1.165) is 3.57 Å². The Balaban J connectivity index is 2.30. The average molecular weight is 409 g/mol. The lowest BCUT2D eigenvalue weighted by Gasteiger charge is -2.33. The number of anilines is 1. The minimum atomic E-state index is -3.11. The van der Waals surface area contributed by atoms with Gasteiger partial charge in [-0.15, -0.1) is 0 Å². The van der Waals surface area contributed by atoms with E-state index in [9.17, 15) is 13.2 Å². The number of amides is 1. The Bertz CT molecular complexity index is 629. The van der Waals surface area contributed by atoms with Crippen LogP contribution in [-0.2, 0) is 14.6 Å². The molecule has 0 radical (unpaired) electrons. The number of rotatable bonds is 4. The molecule has 0 bridgehead atoms. The molecule has 1 atom stereocenters. The van der Waals surface area contributed by atoms with Crippen LogP contribution < -0.4 is 9.64 Å². The van der Waals surface area contributed by atoms with E-state index < -0.39 is 15.9 Å². The number of carbonyl (C=O) groups excluding carboxylic acids is 1. The Hall–Kier alpha value is -0.830. The largest absolute Gasteiger partial charge is 0.479 e. The van der Waals surface area contributed by atoms with E-state index in [1.807, 2.05) is 12.1 Å². The number of hydrogen-bond acceptors (Lipinski definition) is 4. The highest BCUT2D eigenvalue weighted by atomic mass is 127. The van der Waals surface area contributed by atoms with Crippen molar-refractivity contribution in [2.24, 2.45) is 0 Å². The maximum Gasteiger partial charge on any atom is 0.267 e. The van der Waals surface area contributed by atoms with Crippen LogP contribution in [0, 0.1) is 3.57 Å². The molecule has 1 aromatic carbocycles. The standard InChI is InChI=1S/C13H16INO4S/c1-3-20(17,18)7-6-15-11-5-4-10(14)8-12(11)19-9(2)13(15)16/h4-5,8-9H,3,6-7H2,1-2H3. The summed E-state index contributed by atoms with van der Waals surface area (Å²) < 4.78 is 29.8. The van der Waals surface area contributed by atoms with E-state index in [2.05, 4.69) is 22.6 Å². The second kappa shape index (κ2) is 5.88. The van der Waals surface area contributed by atoms with Gasteiger partial charge in [0.15, 0.2) is 15.9 Å². The highest BCUT2D eigenvalue weighted by molar-refractivity contribution is 14.1. The molecule has 1 heterocycles. The third-order valence-corrected chi connectivity index (χ3v) is 5.55. The Labute approximate surface area is 132 Å². The molecular formula is C13H16INO4S. The SMILES string of the molecule is CCS(=O)(=O)CCN1C(=O)C(C)Oc2cc(I)ccc21. The minimum absolute atomic E-state index is 0.0343. The van der Waals surface area contributed by atoms with Gasteiger partial charge in [0.1, 0.15) is 5.75 Å². The summed E-state index contributed by atoms with van der Waals surface area (Å²) in [5.74, 6) is 0.469. The van der Waals surface area contributed by atoms with Crippen molar-refractivity contribution in [3.8, 4) is 5.75 Å². The molecule has 0 aromatic heterocycles. The first-order chi connectivity index (χ1) is 9.34. The maximum absolute atomic E-state index is 12.2. The second-order valence-electron chi connectivity index (χ2n) is 4.60. The molecule has 0 saturated carbocycles. The summed E-state index contributed by atoms with van der Waals surface area (Å²) in [6, 6.07) is 5.51. The molecule has 0 fully saturated rings. The Morgan fingerprint density at radius 3 is 2.75 bits per heavy atom. The lowest BCUT2D eigenvalue weighted by Crippen LogP contribution is -2.46. The molecule has 0 aliphatic carbocycles. The summed E-state index contributed by atoms with van der Waals surface area (Å²) in [6.07, 6.45) is -0.593. The smallest absolute Gasteiger partial charge is 0.267 e. The monoisotopic (exact) mass is 409 g/mol. The average Bonchev–Trinajstić information content (AvgIpc) is 2.39. The number of ether oxygens (including phenoxy) is 1. The summed E-state index contributed by atoms with van der Waals surface area (Å²) in [6.45, 7) is 3.44. The van der Waals surface area contributed by atoms with Gasteiger partial charge in [-0.05, 0) is 47.7 Å². The highest BCUT2D eigenvalue weighted by Gasteiger charge is 2.32. The van der Waals surface area contributed by atoms with Crippen LogP contribution in [0.25, 0.3) is 0 Å². The van der Waals surface area contributed by atoms with Gasteiger partial charge in [0.2, 0.25) is 0 Å². The van der Waals surface area contributed by atoms with E-state index in [4.69, 9.17) is 4.74 Å². The van der Waals surface area contributed by atoms with E-state index in [0.29, 0.717) is 11.4 Å². The molecule has 0 saturated heterocycles. The Morgan fingerprint density at radius 1 is 1.40 bits per heavy atom. The van der Waals surface area contributed by atoms with Gasteiger partial charge in [-0.1, -0.05) is 6.92 Å². The van der Waals surface area contributed by atoms with E-state index in [1.165, 1.54) is 4.90 Å². The molecule has 5 nitrogen and oxygen atoms in total. The fraction of sp³-hybridized carbons (Fsp3) is 0.462. The molecule has 20 heavy (non-hydrogen) atoms. The predicted octanol–water partition coefficient (Wildman–Crippen LogP) is 1.84. The first-order valence-electron chi connectivity index (χ1n) is 6.32. The third kappa shape index (κ3) is 3.25. The van der Waals surface area contributed by atoms with Crippen LogP contribution >= 0.6 is 22.6 Å². The first kappa shape index (κ1) is 15.6. The van der Waals surface area contributed by atoms with Crippen molar-refractivity contribution in [2.75, 3.05) is 23.0 Å². The summed E-state index contributed by atoms with van der Waals surface area (Å²) in [5, 5.41) is 0. The van der Waals surface area contributed by atoms with Crippen LogP contribution in [0.1, 0.15) is 13.8 Å². The van der Waals surface area contributed by atoms with Crippen LogP contribution in [-0.4, -0.2) is 38.5 Å². The molecule has 1 amide bonds. The lowest BCUT2D eigenvalue weighted by atomic mass is 10.2. The van der Waals surface area contributed by atoms with Crippen LogP contribution in [0.2, 0.25) is 0 Å². The maximum atomic E-state index is 12.2. The van der Waals surface area contributed by atoms with E-state index in [1.54, 1.807) is 19.9 Å². The van der Waals surface area contributed by atoms with Gasteiger partial charge < -0.3 is 9.64 Å². The molecule has 1 aromatic rings. The fourth-order valence-corrected chi connectivity index (χ4v) is 3.20. The van der Waals surface area contributed by atoms with Gasteiger partial charge >= 0.3 is 0 Å². The number of benzene rings is 1. The summed E-state index contributed by atoms with van der Waals surface area (Å²) in [5.41, 5.74) is 0.639. The van der Waals surface area contributed by atoms with E-state index in [-0.39, 0.29) is 24.0 Å². The minimum Gasteiger partial charge on any atom is -0.479 e. The van der Waals surface area contributed by atoms with Crippen molar-refractivity contribution in [1.82, 2.24) is 0 Å². The Kier molecular flexibility index (Phi) is 4.58. The molecule has 1 aliphatic heterocycles. The van der Waals surface area contributed by atoms with Crippen molar-refractivity contribution >= 4 is 44.0 Å². The van der Waals surface area contributed by atoms with Gasteiger partial charge in [0.25, 0.3) is 5.91 Å².